The zero-order valence-electron chi connectivity index (χ0n) is 14.7. The number of thiazole rings is 1. The molecule has 8 heteroatoms. The lowest BCUT2D eigenvalue weighted by molar-refractivity contribution is 0.345. The lowest BCUT2D eigenvalue weighted by Gasteiger charge is -2.22. The average Bonchev–Trinajstić information content (AvgIpc) is 3.31. The summed E-state index contributed by atoms with van der Waals surface area (Å²) in [4.78, 5) is 5.66. The van der Waals surface area contributed by atoms with E-state index in [1.54, 1.807) is 4.68 Å². The maximum atomic E-state index is 10.7. The molecule has 2 N–H and O–H groups in total. The monoisotopic (exact) mass is 368 g/mol. The molecule has 0 saturated carbocycles. The number of benzene rings is 1. The summed E-state index contributed by atoms with van der Waals surface area (Å²) in [6.07, 6.45) is 6.19. The molecule has 0 bridgehead atoms. The van der Waals surface area contributed by atoms with Crippen LogP contribution in [-0.2, 0) is 7.05 Å². The fraction of sp³-hybridized carbons (Fsp3) is 0.389. The number of nitrogens with zero attached hydrogens (tertiary/aromatic N) is 5. The number of aromatic nitrogens is 5. The largest absolute Gasteiger partial charge is 0.507 e. The van der Waals surface area contributed by atoms with Gasteiger partial charge in [0.2, 0.25) is 0 Å². The maximum absolute atomic E-state index is 10.7. The number of rotatable bonds is 2. The third kappa shape index (κ3) is 2.40. The molecule has 1 aromatic carbocycles. The molecule has 1 aliphatic rings. The Morgan fingerprint density at radius 2 is 2.04 bits per heavy atom. The Morgan fingerprint density at radius 1 is 1.23 bits per heavy atom. The minimum absolute atomic E-state index is 0.249. The second-order valence-corrected chi connectivity index (χ2v) is 7.92. The Hall–Kier alpha value is -2.45. The molecule has 134 valence electrons. The zero-order chi connectivity index (χ0) is 17.8. The molecule has 0 atom stereocenters. The lowest BCUT2D eigenvalue weighted by Crippen LogP contribution is -2.29. The van der Waals surface area contributed by atoms with Gasteiger partial charge in [0, 0.05) is 24.2 Å². The minimum Gasteiger partial charge on any atom is -0.507 e. The van der Waals surface area contributed by atoms with Gasteiger partial charge in [-0.15, -0.1) is 0 Å². The van der Waals surface area contributed by atoms with Crippen molar-refractivity contribution in [2.75, 3.05) is 13.1 Å². The number of phenols is 1. The number of phenolic OH excluding ortho intramolecular Hbond substituents is 1. The molecule has 1 aliphatic heterocycles. The van der Waals surface area contributed by atoms with Crippen LogP contribution in [0.3, 0.4) is 0 Å². The van der Waals surface area contributed by atoms with E-state index in [-0.39, 0.29) is 5.75 Å². The summed E-state index contributed by atoms with van der Waals surface area (Å²) in [7, 11) is 1.89. The quantitative estimate of drug-likeness (QED) is 0.568. The maximum Gasteiger partial charge on any atom is 0.166 e. The van der Waals surface area contributed by atoms with Crippen molar-refractivity contribution < 1.29 is 5.11 Å². The highest BCUT2D eigenvalue weighted by atomic mass is 32.1. The molecule has 0 radical (unpaired) electrons. The van der Waals surface area contributed by atoms with Gasteiger partial charge in [0.15, 0.2) is 4.83 Å². The van der Waals surface area contributed by atoms with Gasteiger partial charge in [-0.25, -0.2) is 4.98 Å². The summed E-state index contributed by atoms with van der Waals surface area (Å²) in [5, 5.41) is 25.0. The van der Waals surface area contributed by atoms with Gasteiger partial charge < -0.3 is 10.4 Å². The number of hydrogen-bond acceptors (Lipinski definition) is 6. The fourth-order valence-corrected chi connectivity index (χ4v) is 4.65. The number of fused-ring (bicyclic) bond motifs is 2. The van der Waals surface area contributed by atoms with Gasteiger partial charge in [-0.3, -0.25) is 9.36 Å². The van der Waals surface area contributed by atoms with Crippen molar-refractivity contribution in [3.63, 3.8) is 0 Å². The Kier molecular flexibility index (Phi) is 3.51. The molecule has 4 aromatic rings. The summed E-state index contributed by atoms with van der Waals surface area (Å²) in [6.45, 7) is 3.97. The van der Waals surface area contributed by atoms with E-state index < -0.39 is 0 Å². The van der Waals surface area contributed by atoms with Crippen molar-refractivity contribution in [2.45, 2.75) is 25.8 Å². The first-order valence-corrected chi connectivity index (χ1v) is 9.64. The highest BCUT2D eigenvalue weighted by Gasteiger charge is 2.20. The SMILES string of the molecule is Cc1c(O)c(-c2nc3cn(C4CCNCC4)nc3s2)cc2cn(C)nc12. The number of hydrogen-bond donors (Lipinski definition) is 2. The second-order valence-electron chi connectivity index (χ2n) is 6.94. The summed E-state index contributed by atoms with van der Waals surface area (Å²) in [6, 6.07) is 2.41. The molecule has 4 heterocycles. The molecule has 1 fully saturated rings. The lowest BCUT2D eigenvalue weighted by atomic mass is 10.1. The second kappa shape index (κ2) is 5.78. The van der Waals surface area contributed by atoms with Crippen molar-refractivity contribution in [3.05, 3.63) is 24.0 Å². The van der Waals surface area contributed by atoms with Gasteiger partial charge in [0.1, 0.15) is 16.3 Å². The first-order valence-electron chi connectivity index (χ1n) is 8.83. The molecule has 7 nitrogen and oxygen atoms in total. The van der Waals surface area contributed by atoms with Crippen molar-refractivity contribution in [1.29, 1.82) is 0 Å². The molecule has 0 spiro atoms. The van der Waals surface area contributed by atoms with Gasteiger partial charge in [0.05, 0.1) is 23.3 Å². The first kappa shape index (κ1) is 15.8. The molecule has 3 aromatic heterocycles. The standard InChI is InChI=1S/C18H20N6OS/c1-10-15-11(8-23(2)21-15)7-13(16(10)25)17-20-14-9-24(22-18(14)26-17)12-3-5-19-6-4-12/h7-9,12,19,25H,3-6H2,1-2H3. The number of aromatic hydroxyl groups is 1. The molecular formula is C18H20N6OS. The van der Waals surface area contributed by atoms with Crippen LogP contribution in [0.5, 0.6) is 5.75 Å². The fourth-order valence-electron chi connectivity index (χ4n) is 3.72. The van der Waals surface area contributed by atoms with Crippen LogP contribution in [0.15, 0.2) is 18.5 Å². The Balaban J connectivity index is 1.57. The van der Waals surface area contributed by atoms with Crippen LogP contribution in [-0.4, -0.2) is 42.7 Å². The van der Waals surface area contributed by atoms with E-state index in [1.807, 2.05) is 32.4 Å². The van der Waals surface area contributed by atoms with E-state index >= 15 is 0 Å². The Labute approximate surface area is 154 Å². The smallest absolute Gasteiger partial charge is 0.166 e. The first-order chi connectivity index (χ1) is 12.6. The van der Waals surface area contributed by atoms with Gasteiger partial charge in [-0.05, 0) is 38.9 Å². The van der Waals surface area contributed by atoms with Crippen LogP contribution in [0.2, 0.25) is 0 Å². The van der Waals surface area contributed by atoms with E-state index in [0.29, 0.717) is 6.04 Å². The van der Waals surface area contributed by atoms with Crippen molar-refractivity contribution in [1.82, 2.24) is 29.9 Å². The molecule has 0 amide bonds. The van der Waals surface area contributed by atoms with Crippen LogP contribution >= 0.6 is 11.3 Å². The highest BCUT2D eigenvalue weighted by Crippen LogP contribution is 2.40. The molecule has 26 heavy (non-hydrogen) atoms. The third-order valence-electron chi connectivity index (χ3n) is 5.13. The van der Waals surface area contributed by atoms with Crippen molar-refractivity contribution in [2.24, 2.45) is 7.05 Å². The number of aryl methyl sites for hydroxylation is 2. The normalized spacial score (nSPS) is 16.1. The zero-order valence-corrected chi connectivity index (χ0v) is 15.5. The van der Waals surface area contributed by atoms with E-state index in [1.165, 1.54) is 11.3 Å². The molecule has 0 aliphatic carbocycles. The van der Waals surface area contributed by atoms with E-state index in [4.69, 9.17) is 10.1 Å². The summed E-state index contributed by atoms with van der Waals surface area (Å²) < 4.78 is 3.83. The minimum atomic E-state index is 0.249. The van der Waals surface area contributed by atoms with Crippen molar-refractivity contribution in [3.8, 4) is 16.3 Å². The molecular weight excluding hydrogens is 348 g/mol. The summed E-state index contributed by atoms with van der Waals surface area (Å²) in [5.74, 6) is 0.249. The number of piperidine rings is 1. The third-order valence-corrected chi connectivity index (χ3v) is 6.12. The van der Waals surface area contributed by atoms with E-state index in [0.717, 1.165) is 63.3 Å². The van der Waals surface area contributed by atoms with Crippen LogP contribution in [0.1, 0.15) is 24.4 Å². The van der Waals surface area contributed by atoms with Gasteiger partial charge in [0.25, 0.3) is 0 Å². The predicted molar refractivity (Wildman–Crippen MR) is 103 cm³/mol. The van der Waals surface area contributed by atoms with E-state index in [2.05, 4.69) is 15.1 Å². The molecule has 5 rings (SSSR count). The Morgan fingerprint density at radius 3 is 2.81 bits per heavy atom. The van der Waals surface area contributed by atoms with Gasteiger partial charge in [-0.1, -0.05) is 11.3 Å². The summed E-state index contributed by atoms with van der Waals surface area (Å²) in [5.41, 5.74) is 3.25. The van der Waals surface area contributed by atoms with Crippen LogP contribution < -0.4 is 5.32 Å². The average molecular weight is 368 g/mol. The van der Waals surface area contributed by atoms with Crippen LogP contribution in [0, 0.1) is 6.92 Å². The van der Waals surface area contributed by atoms with Crippen LogP contribution in [0.4, 0.5) is 0 Å². The highest BCUT2D eigenvalue weighted by molar-refractivity contribution is 7.21. The summed E-state index contributed by atoms with van der Waals surface area (Å²) >= 11 is 1.53. The van der Waals surface area contributed by atoms with Crippen LogP contribution in [0.25, 0.3) is 31.8 Å². The van der Waals surface area contributed by atoms with Gasteiger partial charge in [-0.2, -0.15) is 10.2 Å². The molecule has 0 unspecified atom stereocenters. The van der Waals surface area contributed by atoms with Crippen molar-refractivity contribution >= 4 is 32.6 Å². The molecule has 1 saturated heterocycles. The number of nitrogens with one attached hydrogen (secondary N) is 1. The van der Waals surface area contributed by atoms with E-state index in [9.17, 15) is 5.11 Å². The van der Waals surface area contributed by atoms with Gasteiger partial charge >= 0.3 is 0 Å². The topological polar surface area (TPSA) is 80.8 Å². The predicted octanol–water partition coefficient (Wildman–Crippen LogP) is 2.99. The Bertz CT molecular complexity index is 1090.